The number of unbranched alkanes of at least 4 members (excludes halogenated alkanes) is 2. The Balaban J connectivity index is 2.22. The average molecular weight is 278 g/mol. The lowest BCUT2D eigenvalue weighted by molar-refractivity contribution is 0.461. The highest BCUT2D eigenvalue weighted by Gasteiger charge is 2.15. The van der Waals surface area contributed by atoms with Crippen LogP contribution in [0.25, 0.3) is 11.4 Å². The third-order valence-corrected chi connectivity index (χ3v) is 3.02. The molecule has 2 rings (SSSR count). The van der Waals surface area contributed by atoms with Gasteiger partial charge in [-0.15, -0.1) is 0 Å². The van der Waals surface area contributed by atoms with Crippen molar-refractivity contribution in [1.29, 1.82) is 0 Å². The van der Waals surface area contributed by atoms with E-state index in [4.69, 9.17) is 5.11 Å². The van der Waals surface area contributed by atoms with Gasteiger partial charge in [0.05, 0.1) is 5.56 Å². The van der Waals surface area contributed by atoms with Crippen molar-refractivity contribution in [3.05, 3.63) is 41.7 Å². The van der Waals surface area contributed by atoms with Crippen molar-refractivity contribution in [1.82, 2.24) is 9.97 Å². The minimum absolute atomic E-state index is 0.0146. The van der Waals surface area contributed by atoms with E-state index in [0.29, 0.717) is 0 Å². The van der Waals surface area contributed by atoms with Crippen LogP contribution < -0.4 is 0 Å². The van der Waals surface area contributed by atoms with Gasteiger partial charge in [0.15, 0.2) is 5.82 Å². The van der Waals surface area contributed by atoms with Gasteiger partial charge in [0, 0.05) is 24.5 Å². The molecule has 0 atom stereocenters. The summed E-state index contributed by atoms with van der Waals surface area (Å²) in [5.41, 5.74) is 0.629. The van der Waals surface area contributed by atoms with E-state index in [1.54, 1.807) is 12.4 Å². The standard InChI is InChI=1S/C15H16F2N2O/c1-2-3-4-5-10-8-18-15(19-9-10)14-12(16)6-11(20)7-13(14)17/h6-9,20H,2-5H2,1H3. The molecule has 0 spiro atoms. The highest BCUT2D eigenvalue weighted by atomic mass is 19.1. The smallest absolute Gasteiger partial charge is 0.165 e. The molecule has 20 heavy (non-hydrogen) atoms. The molecule has 0 amide bonds. The third-order valence-electron chi connectivity index (χ3n) is 3.02. The first-order valence-electron chi connectivity index (χ1n) is 6.61. The number of phenols is 1. The fraction of sp³-hybridized carbons (Fsp3) is 0.333. The second-order valence-corrected chi connectivity index (χ2v) is 4.66. The highest BCUT2D eigenvalue weighted by Crippen LogP contribution is 2.26. The summed E-state index contributed by atoms with van der Waals surface area (Å²) >= 11 is 0. The molecule has 1 N–H and O–H groups in total. The van der Waals surface area contributed by atoms with E-state index in [1.165, 1.54) is 0 Å². The maximum Gasteiger partial charge on any atom is 0.165 e. The van der Waals surface area contributed by atoms with Crippen LogP contribution in [0.5, 0.6) is 5.75 Å². The van der Waals surface area contributed by atoms with Crippen LogP contribution in [0.15, 0.2) is 24.5 Å². The van der Waals surface area contributed by atoms with Crippen molar-refractivity contribution in [3.63, 3.8) is 0 Å². The monoisotopic (exact) mass is 278 g/mol. The van der Waals surface area contributed by atoms with Crippen molar-refractivity contribution in [3.8, 4) is 17.1 Å². The van der Waals surface area contributed by atoms with E-state index >= 15 is 0 Å². The molecular formula is C15H16F2N2O. The first-order chi connectivity index (χ1) is 9.61. The molecule has 1 aromatic heterocycles. The molecule has 0 aliphatic carbocycles. The number of nitrogens with zero attached hydrogens (tertiary/aromatic N) is 2. The van der Waals surface area contributed by atoms with E-state index in [-0.39, 0.29) is 11.4 Å². The fourth-order valence-corrected chi connectivity index (χ4v) is 1.97. The van der Waals surface area contributed by atoms with Crippen LogP contribution in [-0.2, 0) is 6.42 Å². The molecule has 0 aliphatic heterocycles. The zero-order chi connectivity index (χ0) is 14.5. The van der Waals surface area contributed by atoms with Gasteiger partial charge in [0.1, 0.15) is 17.4 Å². The maximum absolute atomic E-state index is 13.7. The first-order valence-corrected chi connectivity index (χ1v) is 6.61. The minimum Gasteiger partial charge on any atom is -0.508 e. The highest BCUT2D eigenvalue weighted by molar-refractivity contribution is 5.58. The van der Waals surface area contributed by atoms with Gasteiger partial charge in [-0.25, -0.2) is 18.7 Å². The van der Waals surface area contributed by atoms with Crippen LogP contribution in [-0.4, -0.2) is 15.1 Å². The number of rotatable bonds is 5. The Morgan fingerprint density at radius 1 is 1.05 bits per heavy atom. The Bertz CT molecular complexity index is 562. The molecular weight excluding hydrogens is 262 g/mol. The average Bonchev–Trinajstić information content (AvgIpc) is 2.39. The van der Waals surface area contributed by atoms with Crippen molar-refractivity contribution >= 4 is 0 Å². The molecule has 1 heterocycles. The molecule has 0 fully saturated rings. The SMILES string of the molecule is CCCCCc1cnc(-c2c(F)cc(O)cc2F)nc1. The van der Waals surface area contributed by atoms with Gasteiger partial charge in [-0.3, -0.25) is 0 Å². The summed E-state index contributed by atoms with van der Waals surface area (Å²) < 4.78 is 27.3. The normalized spacial score (nSPS) is 10.8. The van der Waals surface area contributed by atoms with Crippen LogP contribution in [0.1, 0.15) is 31.7 Å². The summed E-state index contributed by atoms with van der Waals surface area (Å²) in [6.07, 6.45) is 7.33. The first kappa shape index (κ1) is 14.4. The quantitative estimate of drug-likeness (QED) is 0.845. The van der Waals surface area contributed by atoms with Gasteiger partial charge in [-0.05, 0) is 18.4 Å². The summed E-state index contributed by atoms with van der Waals surface area (Å²) in [4.78, 5) is 8.01. The molecule has 0 radical (unpaired) electrons. The van der Waals surface area contributed by atoms with Gasteiger partial charge >= 0.3 is 0 Å². The molecule has 0 unspecified atom stereocenters. The van der Waals surface area contributed by atoms with E-state index < -0.39 is 17.4 Å². The van der Waals surface area contributed by atoms with Gasteiger partial charge in [0.25, 0.3) is 0 Å². The number of hydrogen-bond acceptors (Lipinski definition) is 3. The molecule has 2 aromatic rings. The number of benzene rings is 1. The molecule has 5 heteroatoms. The molecule has 0 saturated carbocycles. The summed E-state index contributed by atoms with van der Waals surface area (Å²) in [6.45, 7) is 2.12. The van der Waals surface area contributed by atoms with Crippen LogP contribution in [0, 0.1) is 11.6 Å². The Morgan fingerprint density at radius 3 is 2.20 bits per heavy atom. The Hall–Kier alpha value is -2.04. The number of aromatic nitrogens is 2. The molecule has 0 bridgehead atoms. The van der Waals surface area contributed by atoms with E-state index in [9.17, 15) is 8.78 Å². The van der Waals surface area contributed by atoms with E-state index in [1.807, 2.05) is 0 Å². The van der Waals surface area contributed by atoms with Crippen LogP contribution in [0.4, 0.5) is 8.78 Å². The molecule has 106 valence electrons. The number of hydrogen-bond donors (Lipinski definition) is 1. The van der Waals surface area contributed by atoms with Gasteiger partial charge in [-0.2, -0.15) is 0 Å². The van der Waals surface area contributed by atoms with Gasteiger partial charge in [-0.1, -0.05) is 19.8 Å². The summed E-state index contributed by atoms with van der Waals surface area (Å²) in [6, 6.07) is 1.69. The van der Waals surface area contributed by atoms with Crippen LogP contribution >= 0.6 is 0 Å². The predicted octanol–water partition coefficient (Wildman–Crippen LogP) is 3.86. The summed E-state index contributed by atoms with van der Waals surface area (Å²) in [7, 11) is 0. The second-order valence-electron chi connectivity index (χ2n) is 4.66. The van der Waals surface area contributed by atoms with E-state index in [2.05, 4.69) is 16.9 Å². The maximum atomic E-state index is 13.7. The lowest BCUT2D eigenvalue weighted by Crippen LogP contribution is -1.97. The number of aromatic hydroxyl groups is 1. The fourth-order valence-electron chi connectivity index (χ4n) is 1.97. The zero-order valence-electron chi connectivity index (χ0n) is 11.2. The van der Waals surface area contributed by atoms with Crippen LogP contribution in [0.3, 0.4) is 0 Å². The van der Waals surface area contributed by atoms with Crippen molar-refractivity contribution in [2.24, 2.45) is 0 Å². The zero-order valence-corrected chi connectivity index (χ0v) is 11.2. The van der Waals surface area contributed by atoms with Gasteiger partial charge in [0.2, 0.25) is 0 Å². The predicted molar refractivity (Wildman–Crippen MR) is 72.3 cm³/mol. The lowest BCUT2D eigenvalue weighted by atomic mass is 10.1. The minimum atomic E-state index is -0.874. The molecule has 1 aromatic carbocycles. The Kier molecular flexibility index (Phi) is 4.61. The Labute approximate surface area is 116 Å². The number of aryl methyl sites for hydroxylation is 1. The van der Waals surface area contributed by atoms with Gasteiger partial charge < -0.3 is 5.11 Å². The summed E-state index contributed by atoms with van der Waals surface area (Å²) in [5.74, 6) is -2.22. The van der Waals surface area contributed by atoms with Crippen molar-refractivity contribution in [2.45, 2.75) is 32.6 Å². The van der Waals surface area contributed by atoms with Crippen molar-refractivity contribution < 1.29 is 13.9 Å². The largest absolute Gasteiger partial charge is 0.508 e. The van der Waals surface area contributed by atoms with Crippen LogP contribution in [0.2, 0.25) is 0 Å². The topological polar surface area (TPSA) is 46.0 Å². The number of phenolic OH excluding ortho intramolecular Hbond substituents is 1. The number of halogens is 2. The molecule has 0 saturated heterocycles. The van der Waals surface area contributed by atoms with E-state index in [0.717, 1.165) is 43.4 Å². The third kappa shape index (κ3) is 3.29. The summed E-state index contributed by atoms with van der Waals surface area (Å²) in [5, 5.41) is 9.11. The van der Waals surface area contributed by atoms with Crippen molar-refractivity contribution in [2.75, 3.05) is 0 Å². The lowest BCUT2D eigenvalue weighted by Gasteiger charge is -2.05. The Morgan fingerprint density at radius 2 is 1.65 bits per heavy atom. The second kappa shape index (κ2) is 6.41. The molecule has 0 aliphatic rings. The molecule has 3 nitrogen and oxygen atoms in total.